The molecule has 0 atom stereocenters. The third-order valence-corrected chi connectivity index (χ3v) is 2.53. The van der Waals surface area contributed by atoms with Crippen molar-refractivity contribution >= 4 is 0 Å². The van der Waals surface area contributed by atoms with E-state index < -0.39 is 0 Å². The standard InChI is InChI=1S/C8H12O/c9-8(5-6-8)7-3-1-2-4-7/h1-2,7,9H,3-6H2. The number of hydrogen-bond donors (Lipinski definition) is 1. The second-order valence-corrected chi connectivity index (χ2v) is 3.24. The van der Waals surface area contributed by atoms with Gasteiger partial charge in [0, 0.05) is 0 Å². The number of aliphatic hydroxyl groups is 1. The summed E-state index contributed by atoms with van der Waals surface area (Å²) in [4.78, 5) is 0. The molecule has 0 unspecified atom stereocenters. The fraction of sp³-hybridized carbons (Fsp3) is 0.750. The summed E-state index contributed by atoms with van der Waals surface area (Å²) >= 11 is 0. The van der Waals surface area contributed by atoms with Crippen molar-refractivity contribution < 1.29 is 5.11 Å². The van der Waals surface area contributed by atoms with Gasteiger partial charge in [0.2, 0.25) is 0 Å². The van der Waals surface area contributed by atoms with E-state index in [0.717, 1.165) is 25.7 Å². The summed E-state index contributed by atoms with van der Waals surface area (Å²) in [6, 6.07) is 0. The Hall–Kier alpha value is -0.300. The van der Waals surface area contributed by atoms with Crippen molar-refractivity contribution in [2.24, 2.45) is 5.92 Å². The Labute approximate surface area is 55.4 Å². The number of allylic oxidation sites excluding steroid dienone is 2. The van der Waals surface area contributed by atoms with Crippen molar-refractivity contribution in [3.63, 3.8) is 0 Å². The van der Waals surface area contributed by atoms with Crippen molar-refractivity contribution in [3.8, 4) is 0 Å². The highest BCUT2D eigenvalue weighted by molar-refractivity contribution is 5.08. The molecule has 50 valence electrons. The molecule has 0 heterocycles. The van der Waals surface area contributed by atoms with Gasteiger partial charge in [-0.25, -0.2) is 0 Å². The van der Waals surface area contributed by atoms with Crippen molar-refractivity contribution in [2.45, 2.75) is 31.3 Å². The maximum atomic E-state index is 9.59. The summed E-state index contributed by atoms with van der Waals surface area (Å²) in [6.07, 6.45) is 8.66. The molecule has 2 aliphatic carbocycles. The normalized spacial score (nSPS) is 31.2. The Kier molecular flexibility index (Phi) is 0.974. The molecule has 0 aliphatic heterocycles. The van der Waals surface area contributed by atoms with Gasteiger partial charge in [0.15, 0.2) is 0 Å². The molecule has 1 saturated carbocycles. The van der Waals surface area contributed by atoms with Gasteiger partial charge in [-0.1, -0.05) is 12.2 Å². The van der Waals surface area contributed by atoms with Gasteiger partial charge in [-0.15, -0.1) is 0 Å². The molecule has 0 aromatic heterocycles. The molecule has 2 aliphatic rings. The van der Waals surface area contributed by atoms with E-state index in [0.29, 0.717) is 5.92 Å². The highest BCUT2D eigenvalue weighted by Crippen LogP contribution is 2.46. The predicted molar refractivity (Wildman–Crippen MR) is 36.0 cm³/mol. The number of rotatable bonds is 1. The summed E-state index contributed by atoms with van der Waals surface area (Å²) < 4.78 is 0. The van der Waals surface area contributed by atoms with Crippen molar-refractivity contribution in [2.75, 3.05) is 0 Å². The van der Waals surface area contributed by atoms with E-state index in [1.807, 2.05) is 0 Å². The van der Waals surface area contributed by atoms with Crippen molar-refractivity contribution in [1.29, 1.82) is 0 Å². The van der Waals surface area contributed by atoms with Gasteiger partial charge in [-0.2, -0.15) is 0 Å². The molecule has 2 rings (SSSR count). The second-order valence-electron chi connectivity index (χ2n) is 3.24. The smallest absolute Gasteiger partial charge is 0.0683 e. The van der Waals surface area contributed by atoms with Crippen LogP contribution in [0.15, 0.2) is 12.2 Å². The minimum absolute atomic E-state index is 0.233. The lowest BCUT2D eigenvalue weighted by Gasteiger charge is -2.14. The first kappa shape index (κ1) is 5.48. The Bertz CT molecular complexity index is 137. The monoisotopic (exact) mass is 124 g/mol. The topological polar surface area (TPSA) is 20.2 Å². The van der Waals surface area contributed by atoms with Crippen molar-refractivity contribution in [3.05, 3.63) is 12.2 Å². The molecule has 0 aromatic carbocycles. The van der Waals surface area contributed by atoms with Crippen LogP contribution in [-0.2, 0) is 0 Å². The Morgan fingerprint density at radius 1 is 1.22 bits per heavy atom. The Morgan fingerprint density at radius 3 is 2.22 bits per heavy atom. The molecular formula is C8H12O. The molecule has 1 N–H and O–H groups in total. The maximum absolute atomic E-state index is 9.59. The average molecular weight is 124 g/mol. The van der Waals surface area contributed by atoms with E-state index in [1.54, 1.807) is 0 Å². The van der Waals surface area contributed by atoms with Crippen LogP contribution in [0.25, 0.3) is 0 Å². The third-order valence-electron chi connectivity index (χ3n) is 2.53. The van der Waals surface area contributed by atoms with E-state index in [-0.39, 0.29) is 5.60 Å². The first-order chi connectivity index (χ1) is 4.31. The third kappa shape index (κ3) is 0.799. The van der Waals surface area contributed by atoms with Crippen molar-refractivity contribution in [1.82, 2.24) is 0 Å². The van der Waals surface area contributed by atoms with Crippen LogP contribution in [0.2, 0.25) is 0 Å². The lowest BCUT2D eigenvalue weighted by Crippen LogP contribution is -2.18. The minimum Gasteiger partial charge on any atom is -0.390 e. The van der Waals surface area contributed by atoms with E-state index in [1.165, 1.54) is 0 Å². The fourth-order valence-electron chi connectivity index (χ4n) is 1.59. The van der Waals surface area contributed by atoms with E-state index in [9.17, 15) is 5.11 Å². The zero-order valence-corrected chi connectivity index (χ0v) is 5.51. The van der Waals surface area contributed by atoms with E-state index in [4.69, 9.17) is 0 Å². The molecule has 1 nitrogen and oxygen atoms in total. The molecular weight excluding hydrogens is 112 g/mol. The summed E-state index contributed by atoms with van der Waals surface area (Å²) in [7, 11) is 0. The summed E-state index contributed by atoms with van der Waals surface area (Å²) in [6.45, 7) is 0. The lowest BCUT2D eigenvalue weighted by molar-refractivity contribution is 0.0880. The van der Waals surface area contributed by atoms with E-state index >= 15 is 0 Å². The molecule has 0 radical (unpaired) electrons. The molecule has 0 spiro atoms. The highest BCUT2D eigenvalue weighted by atomic mass is 16.3. The van der Waals surface area contributed by atoms with Gasteiger partial charge >= 0.3 is 0 Å². The zero-order valence-electron chi connectivity index (χ0n) is 5.51. The van der Waals surface area contributed by atoms with Gasteiger partial charge in [-0.3, -0.25) is 0 Å². The van der Waals surface area contributed by atoms with Crippen LogP contribution in [-0.4, -0.2) is 10.7 Å². The van der Waals surface area contributed by atoms with Crippen LogP contribution in [0.5, 0.6) is 0 Å². The Balaban J connectivity index is 2.00. The van der Waals surface area contributed by atoms with Gasteiger partial charge in [0.25, 0.3) is 0 Å². The summed E-state index contributed by atoms with van der Waals surface area (Å²) in [5.41, 5.74) is -0.233. The molecule has 1 heteroatoms. The average Bonchev–Trinajstić information content (AvgIpc) is 2.46. The minimum atomic E-state index is -0.233. The molecule has 0 amide bonds. The van der Waals surface area contributed by atoms with Crippen LogP contribution >= 0.6 is 0 Å². The quantitative estimate of drug-likeness (QED) is 0.525. The highest BCUT2D eigenvalue weighted by Gasteiger charge is 2.47. The fourth-order valence-corrected chi connectivity index (χ4v) is 1.59. The van der Waals surface area contributed by atoms with Gasteiger partial charge < -0.3 is 5.11 Å². The van der Waals surface area contributed by atoms with Crippen LogP contribution in [0.3, 0.4) is 0 Å². The van der Waals surface area contributed by atoms with E-state index in [2.05, 4.69) is 12.2 Å². The molecule has 0 saturated heterocycles. The first-order valence-corrected chi connectivity index (χ1v) is 3.69. The number of hydrogen-bond acceptors (Lipinski definition) is 1. The lowest BCUT2D eigenvalue weighted by atomic mass is 9.98. The molecule has 1 fully saturated rings. The van der Waals surface area contributed by atoms with Crippen LogP contribution < -0.4 is 0 Å². The van der Waals surface area contributed by atoms with Gasteiger partial charge in [-0.05, 0) is 31.6 Å². The molecule has 9 heavy (non-hydrogen) atoms. The molecule has 0 bridgehead atoms. The zero-order chi connectivity index (χ0) is 6.32. The molecule has 0 aromatic rings. The Morgan fingerprint density at radius 2 is 1.78 bits per heavy atom. The van der Waals surface area contributed by atoms with Gasteiger partial charge in [0.1, 0.15) is 0 Å². The first-order valence-electron chi connectivity index (χ1n) is 3.69. The summed E-state index contributed by atoms with van der Waals surface area (Å²) in [5.74, 6) is 0.567. The SMILES string of the molecule is OC1(C2CC=CC2)CC1. The second kappa shape index (κ2) is 1.60. The largest absolute Gasteiger partial charge is 0.390 e. The van der Waals surface area contributed by atoms with Crippen LogP contribution in [0, 0.1) is 5.92 Å². The predicted octanol–water partition coefficient (Wildman–Crippen LogP) is 1.48. The van der Waals surface area contributed by atoms with Crippen LogP contribution in [0.1, 0.15) is 25.7 Å². The van der Waals surface area contributed by atoms with Crippen LogP contribution in [0.4, 0.5) is 0 Å². The maximum Gasteiger partial charge on any atom is 0.0683 e. The summed E-state index contributed by atoms with van der Waals surface area (Å²) in [5, 5.41) is 9.59. The van der Waals surface area contributed by atoms with Gasteiger partial charge in [0.05, 0.1) is 5.60 Å².